The maximum Gasteiger partial charge on any atom is 0.240 e. The molecule has 0 aliphatic carbocycles. The number of methoxy groups -OCH3 is 4. The van der Waals surface area contributed by atoms with Gasteiger partial charge in [0, 0.05) is 12.8 Å². The van der Waals surface area contributed by atoms with Gasteiger partial charge in [-0.1, -0.05) is 0 Å². The smallest absolute Gasteiger partial charge is 0.240 e. The normalized spacial score (nSPS) is 10.9. The third-order valence-corrected chi connectivity index (χ3v) is 5.47. The maximum atomic E-state index is 12.0. The van der Waals surface area contributed by atoms with Crippen LogP contribution < -0.4 is 29.8 Å². The van der Waals surface area contributed by atoms with Crippen LogP contribution in [-0.2, 0) is 9.59 Å². The third kappa shape index (κ3) is 7.73. The highest BCUT2D eigenvalue weighted by Gasteiger charge is 2.11. The van der Waals surface area contributed by atoms with Crippen molar-refractivity contribution in [3.05, 3.63) is 44.3 Å². The van der Waals surface area contributed by atoms with Crippen LogP contribution >= 0.6 is 31.9 Å². The lowest BCUT2D eigenvalue weighted by Gasteiger charge is -2.10. The van der Waals surface area contributed by atoms with Crippen LogP contribution in [0.3, 0.4) is 0 Å². The third-order valence-electron chi connectivity index (χ3n) is 4.30. The van der Waals surface area contributed by atoms with E-state index in [1.165, 1.54) is 40.9 Å². The van der Waals surface area contributed by atoms with Gasteiger partial charge in [0.25, 0.3) is 0 Å². The van der Waals surface area contributed by atoms with E-state index in [2.05, 4.69) is 52.9 Å². The van der Waals surface area contributed by atoms with Crippen LogP contribution in [0.4, 0.5) is 0 Å². The van der Waals surface area contributed by atoms with Crippen molar-refractivity contribution >= 4 is 56.1 Å². The fraction of sp³-hybridized carbons (Fsp3) is 0.273. The first kappa shape index (κ1) is 27.1. The molecule has 2 amide bonds. The Balaban J connectivity index is 1.83. The second kappa shape index (κ2) is 13.6. The number of hydrazone groups is 2. The number of amides is 2. The largest absolute Gasteiger partial charge is 0.493 e. The Bertz CT molecular complexity index is 1010. The Morgan fingerprint density at radius 1 is 0.735 bits per heavy atom. The lowest BCUT2D eigenvalue weighted by atomic mass is 10.2. The van der Waals surface area contributed by atoms with Crippen molar-refractivity contribution in [1.82, 2.24) is 10.9 Å². The van der Waals surface area contributed by atoms with Crippen molar-refractivity contribution in [3.8, 4) is 23.0 Å². The molecule has 0 spiro atoms. The Kier molecular flexibility index (Phi) is 10.8. The highest BCUT2D eigenvalue weighted by atomic mass is 79.9. The lowest BCUT2D eigenvalue weighted by molar-refractivity contribution is -0.126. The molecule has 2 aromatic carbocycles. The minimum Gasteiger partial charge on any atom is -0.493 e. The van der Waals surface area contributed by atoms with E-state index in [4.69, 9.17) is 18.9 Å². The molecule has 0 fully saturated rings. The predicted octanol–water partition coefficient (Wildman–Crippen LogP) is 3.63. The summed E-state index contributed by atoms with van der Waals surface area (Å²) in [6, 6.07) is 6.95. The number of nitrogens with zero attached hydrogens (tertiary/aromatic N) is 2. The molecule has 2 rings (SSSR count). The second-order valence-corrected chi connectivity index (χ2v) is 8.27. The topological polar surface area (TPSA) is 120 Å². The van der Waals surface area contributed by atoms with Gasteiger partial charge in [0.1, 0.15) is 0 Å². The van der Waals surface area contributed by atoms with Gasteiger partial charge in [0.05, 0.1) is 49.8 Å². The Hall–Kier alpha value is -3.12. The second-order valence-electron chi connectivity index (χ2n) is 6.56. The summed E-state index contributed by atoms with van der Waals surface area (Å²) in [5.41, 5.74) is 6.11. The maximum absolute atomic E-state index is 12.0. The molecule has 0 saturated carbocycles. The Morgan fingerprint density at radius 2 is 1.12 bits per heavy atom. The molecule has 0 unspecified atom stereocenters. The SMILES string of the molecule is COc1cc(C=NNC(=O)CCC(=O)NN=Cc2cc(Br)c(OC)c(OC)c2)cc(Br)c1OC. The number of benzene rings is 2. The molecule has 0 heterocycles. The fourth-order valence-corrected chi connectivity index (χ4v) is 3.96. The van der Waals surface area contributed by atoms with Gasteiger partial charge < -0.3 is 18.9 Å². The summed E-state index contributed by atoms with van der Waals surface area (Å²) in [6.07, 6.45) is 2.79. The first-order valence-electron chi connectivity index (χ1n) is 9.79. The minimum absolute atomic E-state index is 0.0593. The molecule has 0 bridgehead atoms. The van der Waals surface area contributed by atoms with E-state index >= 15 is 0 Å². The molecular weight excluding hydrogens is 576 g/mol. The van der Waals surface area contributed by atoms with E-state index in [9.17, 15) is 9.59 Å². The van der Waals surface area contributed by atoms with Crippen LogP contribution in [-0.4, -0.2) is 52.7 Å². The van der Waals surface area contributed by atoms with E-state index in [-0.39, 0.29) is 12.8 Å². The summed E-state index contributed by atoms with van der Waals surface area (Å²) in [6.45, 7) is 0. The number of carbonyl (C=O) groups excluding carboxylic acids is 2. The van der Waals surface area contributed by atoms with Gasteiger partial charge in [-0.2, -0.15) is 10.2 Å². The van der Waals surface area contributed by atoms with Crippen molar-refractivity contribution in [3.63, 3.8) is 0 Å². The predicted molar refractivity (Wildman–Crippen MR) is 135 cm³/mol. The molecule has 0 radical (unpaired) electrons. The summed E-state index contributed by atoms with van der Waals surface area (Å²) in [5.74, 6) is 1.30. The summed E-state index contributed by atoms with van der Waals surface area (Å²) in [7, 11) is 6.12. The van der Waals surface area contributed by atoms with Gasteiger partial charge in [-0.25, -0.2) is 10.9 Å². The van der Waals surface area contributed by atoms with Crippen LogP contribution in [0.1, 0.15) is 24.0 Å². The highest BCUT2D eigenvalue weighted by molar-refractivity contribution is 9.11. The molecule has 0 aliphatic rings. The van der Waals surface area contributed by atoms with Gasteiger partial charge in [0.15, 0.2) is 23.0 Å². The van der Waals surface area contributed by atoms with E-state index in [0.29, 0.717) is 43.1 Å². The Morgan fingerprint density at radius 3 is 1.44 bits per heavy atom. The highest BCUT2D eigenvalue weighted by Crippen LogP contribution is 2.36. The molecule has 12 heteroatoms. The van der Waals surface area contributed by atoms with Crippen LogP contribution in [0.2, 0.25) is 0 Å². The molecular formula is C22H24Br2N4O6. The summed E-state index contributed by atoms with van der Waals surface area (Å²) >= 11 is 6.78. The van der Waals surface area contributed by atoms with Crippen molar-refractivity contribution in [1.29, 1.82) is 0 Å². The van der Waals surface area contributed by atoms with Gasteiger partial charge in [-0.3, -0.25) is 9.59 Å². The number of ether oxygens (including phenoxy) is 4. The summed E-state index contributed by atoms with van der Waals surface area (Å²) in [4.78, 5) is 23.9. The molecule has 0 saturated heterocycles. The van der Waals surface area contributed by atoms with Gasteiger partial charge in [-0.15, -0.1) is 0 Å². The van der Waals surface area contributed by atoms with Crippen LogP contribution in [0, 0.1) is 0 Å². The van der Waals surface area contributed by atoms with E-state index in [1.807, 2.05) is 0 Å². The first-order valence-corrected chi connectivity index (χ1v) is 11.4. The van der Waals surface area contributed by atoms with Crippen LogP contribution in [0.25, 0.3) is 0 Å². The molecule has 0 aliphatic heterocycles. The minimum atomic E-state index is -0.418. The number of rotatable bonds is 11. The van der Waals surface area contributed by atoms with Crippen LogP contribution in [0.15, 0.2) is 43.4 Å². The van der Waals surface area contributed by atoms with Crippen molar-refractivity contribution in [2.75, 3.05) is 28.4 Å². The van der Waals surface area contributed by atoms with E-state index < -0.39 is 11.8 Å². The fourth-order valence-electron chi connectivity index (χ4n) is 2.72. The molecule has 182 valence electrons. The van der Waals surface area contributed by atoms with Gasteiger partial charge >= 0.3 is 0 Å². The zero-order chi connectivity index (χ0) is 25.1. The number of halogens is 2. The lowest BCUT2D eigenvalue weighted by Crippen LogP contribution is -2.22. The molecule has 0 aromatic heterocycles. The monoisotopic (exact) mass is 598 g/mol. The van der Waals surface area contributed by atoms with Gasteiger partial charge in [-0.05, 0) is 67.3 Å². The van der Waals surface area contributed by atoms with Crippen molar-refractivity contribution < 1.29 is 28.5 Å². The first-order chi connectivity index (χ1) is 16.3. The standard InChI is InChI=1S/C22H24Br2N4O6/c1-31-17-9-13(7-15(23)21(17)33-3)11-25-27-19(29)5-6-20(30)28-26-12-14-8-16(24)22(34-4)18(10-14)32-2/h7-12H,5-6H2,1-4H3,(H,27,29)(H,28,30). The average Bonchev–Trinajstić information content (AvgIpc) is 2.81. The number of hydrogen-bond donors (Lipinski definition) is 2. The number of carbonyl (C=O) groups is 2. The Labute approximate surface area is 213 Å². The molecule has 10 nitrogen and oxygen atoms in total. The number of nitrogens with one attached hydrogen (secondary N) is 2. The van der Waals surface area contributed by atoms with E-state index in [0.717, 1.165) is 0 Å². The molecule has 0 atom stereocenters. The summed E-state index contributed by atoms with van der Waals surface area (Å²) in [5, 5.41) is 7.80. The zero-order valence-electron chi connectivity index (χ0n) is 19.0. The van der Waals surface area contributed by atoms with Crippen LogP contribution in [0.5, 0.6) is 23.0 Å². The van der Waals surface area contributed by atoms with E-state index in [1.54, 1.807) is 24.3 Å². The molecule has 2 N–H and O–H groups in total. The quantitative estimate of drug-likeness (QED) is 0.301. The molecule has 34 heavy (non-hydrogen) atoms. The average molecular weight is 600 g/mol. The summed E-state index contributed by atoms with van der Waals surface area (Å²) < 4.78 is 22.4. The van der Waals surface area contributed by atoms with Gasteiger partial charge in [0.2, 0.25) is 11.8 Å². The zero-order valence-corrected chi connectivity index (χ0v) is 22.2. The molecule has 2 aromatic rings. The number of hydrogen-bond acceptors (Lipinski definition) is 8. The van der Waals surface area contributed by atoms with Crippen molar-refractivity contribution in [2.45, 2.75) is 12.8 Å². The van der Waals surface area contributed by atoms with Crippen molar-refractivity contribution in [2.24, 2.45) is 10.2 Å².